The number of benzene rings is 1. The highest BCUT2D eigenvalue weighted by atomic mass is 127. The van der Waals surface area contributed by atoms with Gasteiger partial charge in [-0.3, -0.25) is 9.89 Å². The Morgan fingerprint density at radius 2 is 2.07 bits per heavy atom. The van der Waals surface area contributed by atoms with Crippen LogP contribution in [0.1, 0.15) is 13.3 Å². The molecule has 2 aromatic rings. The highest BCUT2D eigenvalue weighted by molar-refractivity contribution is 14.0. The molecule has 2 saturated heterocycles. The maximum atomic E-state index is 5.49. The molecule has 1 unspecified atom stereocenters. The number of hydrogen-bond acceptors (Lipinski definition) is 4. The lowest BCUT2D eigenvalue weighted by Gasteiger charge is -2.32. The van der Waals surface area contributed by atoms with Crippen LogP contribution >= 0.6 is 24.0 Å². The fourth-order valence-electron chi connectivity index (χ4n) is 4.05. The molecule has 1 N–H and O–H groups in total. The maximum absolute atomic E-state index is 5.49. The largest absolute Gasteiger partial charge is 0.379 e. The SMILES string of the molecule is CCNC(=NCCn1cnc2ccccc21)N1CCC(N2CCOCC2)C1.I. The van der Waals surface area contributed by atoms with Gasteiger partial charge in [0.25, 0.3) is 0 Å². The van der Waals surface area contributed by atoms with E-state index in [1.165, 1.54) is 11.9 Å². The van der Waals surface area contributed by atoms with Crippen molar-refractivity contribution in [3.05, 3.63) is 30.6 Å². The molecule has 2 aliphatic rings. The summed E-state index contributed by atoms with van der Waals surface area (Å²) in [5.74, 6) is 1.04. The molecule has 0 bridgehead atoms. The van der Waals surface area contributed by atoms with E-state index in [4.69, 9.17) is 9.73 Å². The molecule has 0 spiro atoms. The van der Waals surface area contributed by atoms with Crippen LogP contribution in [-0.4, -0.2) is 83.8 Å². The number of likely N-dealkylation sites (tertiary alicyclic amines) is 1. The average Bonchev–Trinajstić information content (AvgIpc) is 3.36. The molecule has 0 saturated carbocycles. The van der Waals surface area contributed by atoms with Gasteiger partial charge in [-0.05, 0) is 25.5 Å². The minimum atomic E-state index is 0. The summed E-state index contributed by atoms with van der Waals surface area (Å²) < 4.78 is 7.68. The Kier molecular flexibility index (Phi) is 7.92. The molecule has 7 nitrogen and oxygen atoms in total. The summed E-state index contributed by atoms with van der Waals surface area (Å²) in [7, 11) is 0. The predicted octanol–water partition coefficient (Wildman–Crippen LogP) is 2.03. The molecule has 154 valence electrons. The van der Waals surface area contributed by atoms with Crippen molar-refractivity contribution in [1.29, 1.82) is 0 Å². The van der Waals surface area contributed by atoms with E-state index in [2.05, 4.69) is 49.8 Å². The summed E-state index contributed by atoms with van der Waals surface area (Å²) >= 11 is 0. The molecule has 1 atom stereocenters. The molecule has 28 heavy (non-hydrogen) atoms. The van der Waals surface area contributed by atoms with Gasteiger partial charge in [0, 0.05) is 45.3 Å². The number of ether oxygens (including phenoxy) is 1. The van der Waals surface area contributed by atoms with Crippen molar-refractivity contribution in [1.82, 2.24) is 24.7 Å². The van der Waals surface area contributed by atoms with E-state index in [1.54, 1.807) is 0 Å². The summed E-state index contributed by atoms with van der Waals surface area (Å²) in [5, 5.41) is 3.47. The lowest BCUT2D eigenvalue weighted by molar-refractivity contribution is 0.0195. The molecule has 2 fully saturated rings. The van der Waals surface area contributed by atoms with Crippen molar-refractivity contribution in [2.75, 3.05) is 52.5 Å². The van der Waals surface area contributed by atoms with Crippen LogP contribution in [-0.2, 0) is 11.3 Å². The van der Waals surface area contributed by atoms with Crippen molar-refractivity contribution in [2.45, 2.75) is 25.9 Å². The molecular weight excluding hydrogens is 467 g/mol. The van der Waals surface area contributed by atoms with Gasteiger partial charge in [-0.2, -0.15) is 0 Å². The lowest BCUT2D eigenvalue weighted by Crippen LogP contribution is -2.46. The summed E-state index contributed by atoms with van der Waals surface area (Å²) in [4.78, 5) is 14.3. The fraction of sp³-hybridized carbons (Fsp3) is 0.600. The summed E-state index contributed by atoms with van der Waals surface area (Å²) in [6.45, 7) is 10.6. The van der Waals surface area contributed by atoms with Gasteiger partial charge in [-0.25, -0.2) is 4.98 Å². The van der Waals surface area contributed by atoms with Gasteiger partial charge < -0.3 is 19.5 Å². The summed E-state index contributed by atoms with van der Waals surface area (Å²) in [5.41, 5.74) is 2.22. The lowest BCUT2D eigenvalue weighted by atomic mass is 10.2. The third-order valence-electron chi connectivity index (χ3n) is 5.49. The Hall–Kier alpha value is -1.39. The van der Waals surface area contributed by atoms with Gasteiger partial charge in [-0.1, -0.05) is 12.1 Å². The van der Waals surface area contributed by atoms with Gasteiger partial charge >= 0.3 is 0 Å². The first-order valence-electron chi connectivity index (χ1n) is 10.1. The topological polar surface area (TPSA) is 57.9 Å². The predicted molar refractivity (Wildman–Crippen MR) is 123 cm³/mol. The molecule has 4 rings (SSSR count). The van der Waals surface area contributed by atoms with Crippen LogP contribution in [0, 0.1) is 0 Å². The molecule has 2 aliphatic heterocycles. The second-order valence-electron chi connectivity index (χ2n) is 7.20. The highest BCUT2D eigenvalue weighted by Crippen LogP contribution is 2.17. The zero-order valence-electron chi connectivity index (χ0n) is 16.6. The van der Waals surface area contributed by atoms with E-state index in [0.717, 1.165) is 70.5 Å². The van der Waals surface area contributed by atoms with Crippen LogP contribution in [0.2, 0.25) is 0 Å². The number of aliphatic imine (C=N–C) groups is 1. The van der Waals surface area contributed by atoms with Crippen LogP contribution in [0.25, 0.3) is 11.0 Å². The van der Waals surface area contributed by atoms with Gasteiger partial charge in [0.1, 0.15) is 0 Å². The molecular formula is C20H31IN6O. The molecule has 0 amide bonds. The molecule has 3 heterocycles. The Morgan fingerprint density at radius 1 is 1.25 bits per heavy atom. The number of fused-ring (bicyclic) bond motifs is 1. The van der Waals surface area contributed by atoms with Crippen LogP contribution in [0.15, 0.2) is 35.6 Å². The van der Waals surface area contributed by atoms with Crippen molar-refractivity contribution < 1.29 is 4.74 Å². The van der Waals surface area contributed by atoms with E-state index < -0.39 is 0 Å². The standard InChI is InChI=1S/C20H30N6O.HI/c1-2-21-20(25-9-7-17(15-25)24-11-13-27-14-12-24)22-8-10-26-16-23-18-5-3-4-6-19(18)26;/h3-6,16-17H,2,7-15H2,1H3,(H,21,22);1H. The van der Waals surface area contributed by atoms with Gasteiger partial charge in [0.15, 0.2) is 5.96 Å². The van der Waals surface area contributed by atoms with E-state index in [9.17, 15) is 0 Å². The molecule has 0 radical (unpaired) electrons. The second kappa shape index (κ2) is 10.4. The maximum Gasteiger partial charge on any atom is 0.194 e. The first-order valence-corrected chi connectivity index (χ1v) is 10.1. The Labute approximate surface area is 184 Å². The van der Waals surface area contributed by atoms with Crippen molar-refractivity contribution in [2.24, 2.45) is 4.99 Å². The number of nitrogens with one attached hydrogen (secondary N) is 1. The van der Waals surface area contributed by atoms with E-state index in [0.29, 0.717) is 6.04 Å². The first kappa shape index (κ1) is 21.3. The van der Waals surface area contributed by atoms with Crippen molar-refractivity contribution in [3.8, 4) is 0 Å². The molecule has 8 heteroatoms. The Bertz CT molecular complexity index is 773. The number of para-hydroxylation sites is 2. The smallest absolute Gasteiger partial charge is 0.194 e. The Morgan fingerprint density at radius 3 is 2.89 bits per heavy atom. The van der Waals surface area contributed by atoms with Crippen LogP contribution in [0.4, 0.5) is 0 Å². The number of imidazole rings is 1. The van der Waals surface area contributed by atoms with E-state index in [-0.39, 0.29) is 24.0 Å². The monoisotopic (exact) mass is 498 g/mol. The number of hydrogen-bond donors (Lipinski definition) is 1. The first-order chi connectivity index (χ1) is 13.3. The minimum Gasteiger partial charge on any atom is -0.379 e. The van der Waals surface area contributed by atoms with Crippen molar-refractivity contribution >= 4 is 41.0 Å². The normalized spacial score (nSPS) is 21.1. The fourth-order valence-corrected chi connectivity index (χ4v) is 4.05. The number of halogens is 1. The molecule has 1 aromatic carbocycles. The highest BCUT2D eigenvalue weighted by Gasteiger charge is 2.30. The van der Waals surface area contributed by atoms with E-state index in [1.807, 2.05) is 12.4 Å². The van der Waals surface area contributed by atoms with Crippen molar-refractivity contribution in [3.63, 3.8) is 0 Å². The minimum absolute atomic E-state index is 0. The number of rotatable bonds is 5. The molecule has 1 aromatic heterocycles. The van der Waals surface area contributed by atoms with Crippen LogP contribution in [0.5, 0.6) is 0 Å². The van der Waals surface area contributed by atoms with Gasteiger partial charge in [0.05, 0.1) is 37.1 Å². The second-order valence-corrected chi connectivity index (χ2v) is 7.20. The van der Waals surface area contributed by atoms with Gasteiger partial charge in [0.2, 0.25) is 0 Å². The summed E-state index contributed by atoms with van der Waals surface area (Å²) in [6, 6.07) is 8.87. The third-order valence-corrected chi connectivity index (χ3v) is 5.49. The number of morpholine rings is 1. The van der Waals surface area contributed by atoms with Crippen LogP contribution in [0.3, 0.4) is 0 Å². The average molecular weight is 498 g/mol. The zero-order chi connectivity index (χ0) is 18.5. The zero-order valence-corrected chi connectivity index (χ0v) is 18.9. The molecule has 0 aliphatic carbocycles. The van der Waals surface area contributed by atoms with E-state index >= 15 is 0 Å². The van der Waals surface area contributed by atoms with Crippen LogP contribution < -0.4 is 5.32 Å². The third kappa shape index (κ3) is 4.96. The number of guanidine groups is 1. The quantitative estimate of drug-likeness (QED) is 0.389. The summed E-state index contributed by atoms with van der Waals surface area (Å²) in [6.07, 6.45) is 3.12. The Balaban J connectivity index is 0.00000225. The van der Waals surface area contributed by atoms with Gasteiger partial charge in [-0.15, -0.1) is 24.0 Å². The number of aromatic nitrogens is 2. The number of nitrogens with zero attached hydrogens (tertiary/aromatic N) is 5.